The van der Waals surface area contributed by atoms with Crippen LogP contribution in [-0.4, -0.2) is 58.0 Å². The number of hydrogen-bond donors (Lipinski definition) is 1. The summed E-state index contributed by atoms with van der Waals surface area (Å²) in [7, 11) is 3.91. The van der Waals surface area contributed by atoms with Crippen molar-refractivity contribution in [1.29, 1.82) is 0 Å². The highest BCUT2D eigenvalue weighted by Gasteiger charge is 2.42. The summed E-state index contributed by atoms with van der Waals surface area (Å²) in [5.74, 6) is 0.936. The molecular weight excluding hydrogens is 469 g/mol. The molecule has 10 heteroatoms. The van der Waals surface area contributed by atoms with E-state index in [1.165, 1.54) is 6.07 Å². The number of hydrogen-bond acceptors (Lipinski definition) is 6. The molecule has 0 radical (unpaired) electrons. The minimum atomic E-state index is -4.47. The van der Waals surface area contributed by atoms with Gasteiger partial charge in [0.05, 0.1) is 31.0 Å². The van der Waals surface area contributed by atoms with Crippen molar-refractivity contribution in [2.75, 3.05) is 38.7 Å². The monoisotopic (exact) mass is 500 g/mol. The molecule has 2 aliphatic heterocycles. The molecule has 2 saturated heterocycles. The van der Waals surface area contributed by atoms with Gasteiger partial charge in [0.15, 0.2) is 0 Å². The van der Waals surface area contributed by atoms with E-state index in [0.29, 0.717) is 25.2 Å². The maximum Gasteiger partial charge on any atom is 0.418 e. The van der Waals surface area contributed by atoms with Crippen LogP contribution in [0.1, 0.15) is 47.0 Å². The quantitative estimate of drug-likeness (QED) is 0.526. The van der Waals surface area contributed by atoms with Gasteiger partial charge in [0.2, 0.25) is 0 Å². The molecule has 0 amide bonds. The maximum atomic E-state index is 14.0. The van der Waals surface area contributed by atoms with Crippen LogP contribution in [0.15, 0.2) is 42.9 Å². The molecule has 1 atom stereocenters. The van der Waals surface area contributed by atoms with Crippen molar-refractivity contribution in [2.24, 2.45) is 7.05 Å². The minimum absolute atomic E-state index is 0.00147. The molecule has 5 rings (SSSR count). The average Bonchev–Trinajstić information content (AvgIpc) is 3.23. The summed E-state index contributed by atoms with van der Waals surface area (Å²) in [5, 5.41) is 11.3. The van der Waals surface area contributed by atoms with E-state index in [4.69, 9.17) is 4.74 Å². The van der Waals surface area contributed by atoms with Gasteiger partial charge in [0.1, 0.15) is 12.2 Å². The number of pyridine rings is 1. The highest BCUT2D eigenvalue weighted by molar-refractivity contribution is 5.49. The summed E-state index contributed by atoms with van der Waals surface area (Å²) in [4.78, 5) is 6.44. The number of nitrogens with one attached hydrogen (secondary N) is 1. The second-order valence-electron chi connectivity index (χ2n) is 10.1. The zero-order valence-electron chi connectivity index (χ0n) is 20.6. The predicted molar refractivity (Wildman–Crippen MR) is 130 cm³/mol. The first-order valence-electron chi connectivity index (χ1n) is 12.2. The van der Waals surface area contributed by atoms with Crippen molar-refractivity contribution < 1.29 is 17.9 Å². The van der Waals surface area contributed by atoms with E-state index in [1.54, 1.807) is 12.5 Å². The summed E-state index contributed by atoms with van der Waals surface area (Å²) in [5.41, 5.74) is 1.56. The Labute approximate surface area is 208 Å². The Morgan fingerprint density at radius 1 is 1.19 bits per heavy atom. The molecule has 0 bridgehead atoms. The van der Waals surface area contributed by atoms with Gasteiger partial charge in [-0.2, -0.15) is 13.2 Å². The number of likely N-dealkylation sites (tertiary alicyclic amines) is 1. The summed E-state index contributed by atoms with van der Waals surface area (Å²) in [6, 6.07) is 9.08. The first-order chi connectivity index (χ1) is 17.2. The highest BCUT2D eigenvalue weighted by Crippen LogP contribution is 2.38. The summed E-state index contributed by atoms with van der Waals surface area (Å²) in [6.45, 7) is 2.82. The van der Waals surface area contributed by atoms with E-state index in [-0.39, 0.29) is 23.6 Å². The van der Waals surface area contributed by atoms with Crippen LogP contribution >= 0.6 is 0 Å². The van der Waals surface area contributed by atoms with E-state index in [9.17, 15) is 13.2 Å². The molecule has 2 aliphatic rings. The van der Waals surface area contributed by atoms with E-state index in [1.807, 2.05) is 42.9 Å². The largest absolute Gasteiger partial charge is 0.418 e. The fraction of sp³-hybridized carbons (Fsp3) is 0.500. The standard InChI is InChI=1S/C26H31F3N6O/c1-34-8-4-5-18(14-34)19-9-22(26(27,28)29)23(31-12-19)13-30-21-7-3-6-20(10-21)25(15-36-16-25)11-24-33-32-17-35(24)2/h3,6-7,9-10,12,17-18,30H,4-5,8,11,13-16H2,1-2H3. The first-order valence-corrected chi connectivity index (χ1v) is 12.2. The van der Waals surface area contributed by atoms with Crippen molar-refractivity contribution in [1.82, 2.24) is 24.6 Å². The van der Waals surface area contributed by atoms with Gasteiger partial charge >= 0.3 is 6.18 Å². The molecule has 3 aromatic rings. The second-order valence-corrected chi connectivity index (χ2v) is 10.1. The number of aryl methyl sites for hydroxylation is 1. The van der Waals surface area contributed by atoms with E-state index < -0.39 is 11.7 Å². The summed E-state index contributed by atoms with van der Waals surface area (Å²) in [6.07, 6.45) is 1.35. The second kappa shape index (κ2) is 9.82. The first kappa shape index (κ1) is 24.7. The molecule has 7 nitrogen and oxygen atoms in total. The van der Waals surface area contributed by atoms with E-state index in [0.717, 1.165) is 43.0 Å². The summed E-state index contributed by atoms with van der Waals surface area (Å²) >= 11 is 0. The molecule has 0 spiro atoms. The molecule has 2 fully saturated rings. The van der Waals surface area contributed by atoms with E-state index in [2.05, 4.69) is 25.4 Å². The number of anilines is 1. The molecule has 0 aliphatic carbocycles. The smallest absolute Gasteiger partial charge is 0.379 e. The topological polar surface area (TPSA) is 68.1 Å². The molecule has 192 valence electrons. The number of piperidine rings is 1. The number of likely N-dealkylation sites (N-methyl/N-ethyl adjacent to an activating group) is 1. The zero-order chi connectivity index (χ0) is 25.3. The lowest BCUT2D eigenvalue weighted by Gasteiger charge is -2.41. The Morgan fingerprint density at radius 2 is 2.03 bits per heavy atom. The van der Waals surface area contributed by atoms with Gasteiger partial charge < -0.3 is 19.5 Å². The number of alkyl halides is 3. The van der Waals surface area contributed by atoms with Crippen LogP contribution in [0.5, 0.6) is 0 Å². The number of nitrogens with zero attached hydrogens (tertiary/aromatic N) is 5. The van der Waals surface area contributed by atoms with Crippen LogP contribution in [-0.2, 0) is 36.3 Å². The Hall–Kier alpha value is -2.98. The highest BCUT2D eigenvalue weighted by atomic mass is 19.4. The van der Waals surface area contributed by atoms with Gasteiger partial charge in [0.25, 0.3) is 0 Å². The number of aromatic nitrogens is 4. The van der Waals surface area contributed by atoms with Crippen LogP contribution in [0.2, 0.25) is 0 Å². The zero-order valence-corrected chi connectivity index (χ0v) is 20.6. The van der Waals surface area contributed by atoms with Crippen molar-refractivity contribution in [2.45, 2.75) is 43.3 Å². The third kappa shape index (κ3) is 5.10. The fourth-order valence-electron chi connectivity index (χ4n) is 5.19. The Balaban J connectivity index is 1.34. The van der Waals surface area contributed by atoms with Gasteiger partial charge in [-0.15, -0.1) is 10.2 Å². The van der Waals surface area contributed by atoms with E-state index >= 15 is 0 Å². The summed E-state index contributed by atoms with van der Waals surface area (Å²) < 4.78 is 49.4. The lowest BCUT2D eigenvalue weighted by Crippen LogP contribution is -2.49. The third-order valence-corrected chi connectivity index (χ3v) is 7.39. The number of halogens is 3. The van der Waals surface area contributed by atoms with Crippen LogP contribution in [0, 0.1) is 0 Å². The Kier molecular flexibility index (Phi) is 6.74. The molecule has 1 unspecified atom stereocenters. The minimum Gasteiger partial charge on any atom is -0.379 e. The number of rotatable bonds is 7. The SMILES string of the molecule is CN1CCCC(c2cnc(CNc3cccc(C4(Cc5nncn5C)COC4)c3)c(C(F)(F)F)c2)C1. The maximum absolute atomic E-state index is 14.0. The Morgan fingerprint density at radius 3 is 2.69 bits per heavy atom. The molecular formula is C26H31F3N6O. The van der Waals surface area contributed by atoms with Gasteiger partial charge in [-0.25, -0.2) is 0 Å². The predicted octanol–water partition coefficient (Wildman–Crippen LogP) is 4.16. The normalized spacial score (nSPS) is 20.2. The fourth-order valence-corrected chi connectivity index (χ4v) is 5.19. The molecule has 1 N–H and O–H groups in total. The van der Waals surface area contributed by atoms with Gasteiger partial charge in [0, 0.05) is 37.3 Å². The lowest BCUT2D eigenvalue weighted by molar-refractivity contribution is -0.138. The van der Waals surface area contributed by atoms with Crippen LogP contribution in [0.4, 0.5) is 18.9 Å². The van der Waals surface area contributed by atoms with Crippen LogP contribution in [0.25, 0.3) is 0 Å². The van der Waals surface area contributed by atoms with Crippen molar-refractivity contribution >= 4 is 5.69 Å². The van der Waals surface area contributed by atoms with Crippen molar-refractivity contribution in [3.8, 4) is 0 Å². The molecule has 36 heavy (non-hydrogen) atoms. The number of ether oxygens (including phenoxy) is 1. The lowest BCUT2D eigenvalue weighted by atomic mass is 9.75. The number of benzene rings is 1. The molecule has 0 saturated carbocycles. The average molecular weight is 501 g/mol. The van der Waals surface area contributed by atoms with Gasteiger partial charge in [-0.05, 0) is 61.7 Å². The Bertz CT molecular complexity index is 1210. The van der Waals surface area contributed by atoms with Crippen LogP contribution < -0.4 is 5.32 Å². The molecule has 4 heterocycles. The van der Waals surface area contributed by atoms with Crippen molar-refractivity contribution in [3.63, 3.8) is 0 Å². The van der Waals surface area contributed by atoms with Crippen LogP contribution in [0.3, 0.4) is 0 Å². The molecule has 2 aromatic heterocycles. The van der Waals surface area contributed by atoms with Gasteiger partial charge in [-0.1, -0.05) is 12.1 Å². The van der Waals surface area contributed by atoms with Crippen molar-refractivity contribution in [3.05, 3.63) is 71.1 Å². The third-order valence-electron chi connectivity index (χ3n) is 7.39. The molecule has 1 aromatic carbocycles. The van der Waals surface area contributed by atoms with Gasteiger partial charge in [-0.3, -0.25) is 4.98 Å².